The highest BCUT2D eigenvalue weighted by molar-refractivity contribution is 6.17. The van der Waals surface area contributed by atoms with E-state index in [1.54, 1.807) is 0 Å². The fourth-order valence-corrected chi connectivity index (χ4v) is 7.26. The van der Waals surface area contributed by atoms with Gasteiger partial charge in [-0.15, -0.1) is 0 Å². The second-order valence-corrected chi connectivity index (χ2v) is 12.5. The number of fused-ring (bicyclic) bond motifs is 5. The molecule has 186 valence electrons. The highest BCUT2D eigenvalue weighted by Gasteiger charge is 2.36. The average Bonchev–Trinajstić information content (AvgIpc) is 3.39. The van der Waals surface area contributed by atoms with Crippen molar-refractivity contribution in [2.24, 2.45) is 7.05 Å². The van der Waals surface area contributed by atoms with Gasteiger partial charge in [0, 0.05) is 17.0 Å². The van der Waals surface area contributed by atoms with Crippen LogP contribution in [0.2, 0.25) is 0 Å². The van der Waals surface area contributed by atoms with E-state index in [-0.39, 0.29) is 5.41 Å². The maximum absolute atomic E-state index is 7.09. The average molecular weight is 487 g/mol. The van der Waals surface area contributed by atoms with Crippen LogP contribution in [0.3, 0.4) is 0 Å². The topological polar surface area (TPSA) is 13.1 Å². The summed E-state index contributed by atoms with van der Waals surface area (Å²) in [6.45, 7) is 11.4. The molecule has 0 amide bonds. The normalized spacial score (nSPS) is 15.5. The van der Waals surface area contributed by atoms with Crippen LogP contribution in [-0.4, -0.2) is 0 Å². The molecule has 2 aliphatic rings. The lowest BCUT2D eigenvalue weighted by atomic mass is 9.78. The van der Waals surface area contributed by atoms with E-state index < -0.39 is 0 Å². The number of aromatic nitrogens is 1. The number of hydrogen-bond donors (Lipinski definition) is 0. The third kappa shape index (κ3) is 3.21. The van der Waals surface area contributed by atoms with E-state index in [9.17, 15) is 0 Å². The third-order valence-electron chi connectivity index (χ3n) is 8.95. The van der Waals surface area contributed by atoms with Gasteiger partial charge in [0.15, 0.2) is 6.20 Å². The lowest BCUT2D eigenvalue weighted by Crippen LogP contribution is -2.32. The van der Waals surface area contributed by atoms with Gasteiger partial charge in [0.1, 0.15) is 18.5 Å². The summed E-state index contributed by atoms with van der Waals surface area (Å²) < 4.78 is 9.40. The molecule has 0 atom stereocenters. The van der Waals surface area contributed by atoms with Crippen LogP contribution in [0.25, 0.3) is 43.6 Å². The van der Waals surface area contributed by atoms with Gasteiger partial charge >= 0.3 is 0 Å². The van der Waals surface area contributed by atoms with E-state index in [1.807, 2.05) is 0 Å². The van der Waals surface area contributed by atoms with Crippen LogP contribution in [0.1, 0.15) is 74.6 Å². The van der Waals surface area contributed by atoms with Gasteiger partial charge in [-0.1, -0.05) is 75.6 Å². The summed E-state index contributed by atoms with van der Waals surface area (Å²) in [6.07, 6.45) is 7.51. The molecule has 7 rings (SSSR count). The first-order valence-electron chi connectivity index (χ1n) is 13.9. The molecule has 0 bridgehead atoms. The molecular weight excluding hydrogens is 450 g/mol. The van der Waals surface area contributed by atoms with Crippen molar-refractivity contribution in [2.75, 3.05) is 0 Å². The molecule has 37 heavy (non-hydrogen) atoms. The predicted octanol–water partition coefficient (Wildman–Crippen LogP) is 9.32. The van der Waals surface area contributed by atoms with E-state index in [0.717, 1.165) is 11.5 Å². The summed E-state index contributed by atoms with van der Waals surface area (Å²) in [7, 11) is 2.18. The van der Waals surface area contributed by atoms with Crippen LogP contribution >= 0.6 is 0 Å². The zero-order valence-electron chi connectivity index (χ0n) is 23.0. The van der Waals surface area contributed by atoms with E-state index in [1.165, 1.54) is 91.5 Å². The van der Waals surface area contributed by atoms with E-state index >= 15 is 0 Å². The maximum atomic E-state index is 7.09. The van der Waals surface area contributed by atoms with Crippen molar-refractivity contribution in [1.82, 2.24) is 0 Å². The van der Waals surface area contributed by atoms with Gasteiger partial charge in [-0.3, -0.25) is 0 Å². The Kier molecular flexibility index (Phi) is 4.81. The zero-order valence-corrected chi connectivity index (χ0v) is 23.0. The van der Waals surface area contributed by atoms with Crippen molar-refractivity contribution in [2.45, 2.75) is 71.6 Å². The first-order valence-corrected chi connectivity index (χ1v) is 13.9. The Hall–Kier alpha value is -3.39. The Morgan fingerprint density at radius 1 is 0.838 bits per heavy atom. The molecule has 0 unspecified atom stereocenters. The molecule has 1 aliphatic carbocycles. The molecular formula is C35H36NO+. The molecule has 1 aromatic heterocycles. The van der Waals surface area contributed by atoms with Gasteiger partial charge in [-0.05, 0) is 76.8 Å². The molecule has 2 nitrogen and oxygen atoms in total. The highest BCUT2D eigenvalue weighted by Crippen LogP contribution is 2.54. The smallest absolute Gasteiger partial charge is 0.228 e. The van der Waals surface area contributed by atoms with Crippen molar-refractivity contribution in [3.8, 4) is 22.8 Å². The van der Waals surface area contributed by atoms with Gasteiger partial charge < -0.3 is 4.74 Å². The van der Waals surface area contributed by atoms with Crippen LogP contribution < -0.4 is 9.30 Å². The van der Waals surface area contributed by atoms with Crippen molar-refractivity contribution in [3.05, 3.63) is 77.0 Å². The number of pyridine rings is 1. The Labute approximate surface area is 219 Å². The van der Waals surface area contributed by atoms with E-state index in [4.69, 9.17) is 4.74 Å². The van der Waals surface area contributed by atoms with Gasteiger partial charge in [0.25, 0.3) is 0 Å². The molecule has 1 aliphatic heterocycles. The fourth-order valence-electron chi connectivity index (χ4n) is 7.26. The van der Waals surface area contributed by atoms with Crippen LogP contribution in [0.5, 0.6) is 11.5 Å². The summed E-state index contributed by atoms with van der Waals surface area (Å²) in [5.74, 6) is 2.70. The van der Waals surface area contributed by atoms with Gasteiger partial charge in [0.2, 0.25) is 5.69 Å². The van der Waals surface area contributed by atoms with E-state index in [0.29, 0.717) is 5.92 Å². The minimum atomic E-state index is -0.0683. The van der Waals surface area contributed by atoms with Crippen LogP contribution in [0.4, 0.5) is 0 Å². The van der Waals surface area contributed by atoms with Crippen LogP contribution in [0.15, 0.2) is 54.7 Å². The third-order valence-corrected chi connectivity index (χ3v) is 8.95. The Morgan fingerprint density at radius 3 is 2.38 bits per heavy atom. The number of rotatable bonds is 1. The fraction of sp³-hybridized carbons (Fsp3) is 0.343. The molecule has 2 heteroatoms. The Balaban J connectivity index is 1.65. The van der Waals surface area contributed by atoms with Crippen LogP contribution in [-0.2, 0) is 12.5 Å². The summed E-state index contributed by atoms with van der Waals surface area (Å²) >= 11 is 0. The molecule has 1 saturated carbocycles. The van der Waals surface area contributed by atoms with Crippen molar-refractivity contribution in [3.63, 3.8) is 0 Å². The second-order valence-electron chi connectivity index (χ2n) is 12.5. The molecule has 0 saturated heterocycles. The molecule has 0 radical (unpaired) electrons. The maximum Gasteiger partial charge on any atom is 0.228 e. The monoisotopic (exact) mass is 486 g/mol. The van der Waals surface area contributed by atoms with Gasteiger partial charge in [0.05, 0.1) is 10.9 Å². The lowest BCUT2D eigenvalue weighted by molar-refractivity contribution is -0.659. The number of ether oxygens (including phenoxy) is 1. The molecule has 4 aromatic carbocycles. The summed E-state index contributed by atoms with van der Waals surface area (Å²) in [4.78, 5) is 0. The van der Waals surface area contributed by atoms with Crippen molar-refractivity contribution < 1.29 is 9.30 Å². The van der Waals surface area contributed by atoms with Crippen molar-refractivity contribution >= 4 is 32.3 Å². The lowest BCUT2D eigenvalue weighted by Gasteiger charge is -2.31. The molecule has 0 N–H and O–H groups in total. The SMILES string of the molecule is Cc1ccc2c(C(C)(C)C)c3c(c(C)c2c1)-c1c2c(cc4c(C5CCCC5)cccc4c2cc[n+]1C)O3. The molecule has 0 spiro atoms. The predicted molar refractivity (Wildman–Crippen MR) is 155 cm³/mol. The Bertz CT molecular complexity index is 1760. The standard InChI is InChI=1S/C35H36NO/c1-20-14-15-26-27(18-20)21(2)30-33-31-25(16-17-36(33)6)24-13-9-12-23(22-10-7-8-11-22)28(24)19-29(31)37-34(30)32(26)35(3,4)5/h9,12-19,22H,7-8,10-11H2,1-6H3/q+1. The molecule has 5 aromatic rings. The number of hydrogen-bond acceptors (Lipinski definition) is 1. The summed E-state index contributed by atoms with van der Waals surface area (Å²) in [6, 6.07) is 18.5. The largest absolute Gasteiger partial charge is 0.455 e. The Morgan fingerprint density at radius 2 is 1.62 bits per heavy atom. The molecule has 2 heterocycles. The summed E-state index contributed by atoms with van der Waals surface area (Å²) in [5.41, 5.74) is 7.84. The number of benzene rings is 4. The first-order chi connectivity index (χ1) is 17.7. The van der Waals surface area contributed by atoms with Crippen LogP contribution in [0, 0.1) is 13.8 Å². The quantitative estimate of drug-likeness (QED) is 0.167. The zero-order chi connectivity index (χ0) is 25.6. The highest BCUT2D eigenvalue weighted by atomic mass is 16.5. The molecule has 1 fully saturated rings. The van der Waals surface area contributed by atoms with Crippen molar-refractivity contribution in [1.29, 1.82) is 0 Å². The van der Waals surface area contributed by atoms with Gasteiger partial charge in [-0.2, -0.15) is 0 Å². The number of aryl methyl sites for hydroxylation is 3. The van der Waals surface area contributed by atoms with Gasteiger partial charge in [-0.25, -0.2) is 4.57 Å². The minimum Gasteiger partial charge on any atom is -0.455 e. The van der Waals surface area contributed by atoms with E-state index in [2.05, 4.69) is 101 Å². The number of nitrogens with zero attached hydrogens (tertiary/aromatic N) is 1. The first kappa shape index (κ1) is 22.8. The second kappa shape index (κ2) is 7.81. The minimum absolute atomic E-state index is 0.0683. The summed E-state index contributed by atoms with van der Waals surface area (Å²) in [5, 5.41) is 7.89.